The summed E-state index contributed by atoms with van der Waals surface area (Å²) in [4.78, 5) is 11.3. The zero-order valence-corrected chi connectivity index (χ0v) is 10.7. The first kappa shape index (κ1) is 12.4. The quantitative estimate of drug-likeness (QED) is 0.691. The first-order chi connectivity index (χ1) is 8.06. The van der Waals surface area contributed by atoms with E-state index in [0.29, 0.717) is 12.3 Å². The van der Waals surface area contributed by atoms with Crippen molar-refractivity contribution in [1.82, 2.24) is 0 Å². The van der Waals surface area contributed by atoms with Crippen LogP contribution in [-0.2, 0) is 9.53 Å². The smallest absolute Gasteiger partial charge is 0.303 e. The monoisotopic (exact) mass is 235 g/mol. The number of carbonyl (C=O) groups excluding carboxylic acids is 1. The Kier molecular flexibility index (Phi) is 3.42. The molecule has 0 N–H and O–H groups in total. The molecule has 2 rings (SSSR count). The highest BCUT2D eigenvalue weighted by Gasteiger charge is 2.50. The summed E-state index contributed by atoms with van der Waals surface area (Å²) in [6.07, 6.45) is 6.40. The number of carbonyl (C=O) groups is 1. The molecule has 0 aromatic heterocycles. The van der Waals surface area contributed by atoms with E-state index < -0.39 is 5.60 Å². The topological polar surface area (TPSA) is 50.1 Å². The molecule has 2 aliphatic carbocycles. The lowest BCUT2D eigenvalue weighted by Gasteiger charge is -2.51. The SMILES string of the molecule is CC(=O)OC1(C)C(CC#N)CC2CCCC1C2. The van der Waals surface area contributed by atoms with Gasteiger partial charge in [0.05, 0.1) is 6.07 Å². The van der Waals surface area contributed by atoms with E-state index in [9.17, 15) is 4.79 Å². The summed E-state index contributed by atoms with van der Waals surface area (Å²) in [5, 5.41) is 8.96. The number of rotatable bonds is 2. The van der Waals surface area contributed by atoms with Gasteiger partial charge >= 0.3 is 5.97 Å². The predicted octanol–water partition coefficient (Wildman–Crippen LogP) is 3.05. The van der Waals surface area contributed by atoms with Crippen molar-refractivity contribution in [3.8, 4) is 6.07 Å². The van der Waals surface area contributed by atoms with Gasteiger partial charge in [0.25, 0.3) is 0 Å². The van der Waals surface area contributed by atoms with E-state index in [1.807, 2.05) is 6.92 Å². The Labute approximate surface area is 103 Å². The Balaban J connectivity index is 2.22. The third kappa shape index (κ3) is 2.31. The van der Waals surface area contributed by atoms with Gasteiger partial charge in [0.1, 0.15) is 5.60 Å². The van der Waals surface area contributed by atoms with Gasteiger partial charge in [-0.15, -0.1) is 0 Å². The zero-order chi connectivity index (χ0) is 12.5. The second-order valence-electron chi connectivity index (χ2n) is 5.80. The van der Waals surface area contributed by atoms with Crippen molar-refractivity contribution in [2.45, 2.75) is 58.0 Å². The molecule has 17 heavy (non-hydrogen) atoms. The fraction of sp³-hybridized carbons (Fsp3) is 0.857. The van der Waals surface area contributed by atoms with Crippen molar-refractivity contribution in [3.63, 3.8) is 0 Å². The summed E-state index contributed by atoms with van der Waals surface area (Å²) in [5.74, 6) is 1.22. The summed E-state index contributed by atoms with van der Waals surface area (Å²) in [5.41, 5.74) is -0.404. The Morgan fingerprint density at radius 2 is 2.24 bits per heavy atom. The average molecular weight is 235 g/mol. The zero-order valence-electron chi connectivity index (χ0n) is 10.7. The largest absolute Gasteiger partial charge is 0.459 e. The molecule has 94 valence electrons. The molecule has 0 aromatic rings. The molecular formula is C14H21NO2. The number of fused-ring (bicyclic) bond motifs is 2. The second-order valence-corrected chi connectivity index (χ2v) is 5.80. The number of ether oxygens (including phenoxy) is 1. The maximum atomic E-state index is 11.3. The number of esters is 1. The minimum Gasteiger partial charge on any atom is -0.459 e. The third-order valence-electron chi connectivity index (χ3n) is 4.72. The van der Waals surface area contributed by atoms with Crippen LogP contribution in [0.2, 0.25) is 0 Å². The van der Waals surface area contributed by atoms with E-state index in [1.165, 1.54) is 26.2 Å². The summed E-state index contributed by atoms with van der Waals surface area (Å²) < 4.78 is 5.64. The summed E-state index contributed by atoms with van der Waals surface area (Å²) in [6, 6.07) is 2.26. The lowest BCUT2D eigenvalue weighted by molar-refractivity contribution is -0.181. The Morgan fingerprint density at radius 1 is 1.47 bits per heavy atom. The first-order valence-electron chi connectivity index (χ1n) is 6.62. The van der Waals surface area contributed by atoms with Crippen LogP contribution < -0.4 is 0 Å². The van der Waals surface area contributed by atoms with Crippen molar-refractivity contribution in [1.29, 1.82) is 5.26 Å². The van der Waals surface area contributed by atoms with Crippen LogP contribution in [0.1, 0.15) is 52.4 Å². The van der Waals surface area contributed by atoms with Gasteiger partial charge in [-0.25, -0.2) is 0 Å². The normalized spacial score (nSPS) is 40.4. The van der Waals surface area contributed by atoms with E-state index in [4.69, 9.17) is 10.00 Å². The standard InChI is InChI=1S/C14H21NO2/c1-10(16)17-14(2)12-5-3-4-11(8-12)9-13(14)6-7-15/h11-13H,3-6,8-9H2,1-2H3. The number of hydrogen-bond donors (Lipinski definition) is 0. The molecule has 0 spiro atoms. The maximum absolute atomic E-state index is 11.3. The van der Waals surface area contributed by atoms with Gasteiger partial charge < -0.3 is 4.74 Å². The highest BCUT2D eigenvalue weighted by atomic mass is 16.6. The van der Waals surface area contributed by atoms with Crippen molar-refractivity contribution in [2.24, 2.45) is 17.8 Å². The van der Waals surface area contributed by atoms with E-state index in [2.05, 4.69) is 6.07 Å². The van der Waals surface area contributed by atoms with Gasteiger partial charge in [0, 0.05) is 19.3 Å². The summed E-state index contributed by atoms with van der Waals surface area (Å²) in [6.45, 7) is 3.52. The summed E-state index contributed by atoms with van der Waals surface area (Å²) >= 11 is 0. The second kappa shape index (κ2) is 4.68. The fourth-order valence-electron chi connectivity index (χ4n) is 3.87. The van der Waals surface area contributed by atoms with Crippen LogP contribution in [0, 0.1) is 29.1 Å². The van der Waals surface area contributed by atoms with Crippen LogP contribution in [0.25, 0.3) is 0 Å². The van der Waals surface area contributed by atoms with Crippen LogP contribution in [0.5, 0.6) is 0 Å². The molecule has 3 nitrogen and oxygen atoms in total. The molecule has 2 fully saturated rings. The fourth-order valence-corrected chi connectivity index (χ4v) is 3.87. The Hall–Kier alpha value is -1.04. The lowest BCUT2D eigenvalue weighted by atomic mass is 9.59. The number of nitrogens with zero attached hydrogens (tertiary/aromatic N) is 1. The molecule has 0 heterocycles. The molecule has 2 saturated carbocycles. The van der Waals surface area contributed by atoms with Crippen molar-refractivity contribution in [3.05, 3.63) is 0 Å². The van der Waals surface area contributed by atoms with E-state index in [1.54, 1.807) is 0 Å². The van der Waals surface area contributed by atoms with Gasteiger partial charge in [0.15, 0.2) is 0 Å². The highest BCUT2D eigenvalue weighted by molar-refractivity contribution is 5.66. The van der Waals surface area contributed by atoms with Gasteiger partial charge in [-0.2, -0.15) is 5.26 Å². The Bertz CT molecular complexity index is 347. The predicted molar refractivity (Wildman–Crippen MR) is 64.0 cm³/mol. The van der Waals surface area contributed by atoms with E-state index in [0.717, 1.165) is 18.8 Å². The van der Waals surface area contributed by atoms with E-state index >= 15 is 0 Å². The van der Waals surface area contributed by atoms with Crippen molar-refractivity contribution >= 4 is 5.97 Å². The minimum absolute atomic E-state index is 0.209. The molecule has 0 amide bonds. The minimum atomic E-state index is -0.404. The van der Waals surface area contributed by atoms with Gasteiger partial charge in [-0.1, -0.05) is 12.8 Å². The van der Waals surface area contributed by atoms with Crippen LogP contribution in [0.4, 0.5) is 0 Å². The summed E-state index contributed by atoms with van der Waals surface area (Å²) in [7, 11) is 0. The highest BCUT2D eigenvalue weighted by Crippen LogP contribution is 2.51. The number of nitriles is 1. The van der Waals surface area contributed by atoms with Crippen LogP contribution in [0.15, 0.2) is 0 Å². The molecule has 0 saturated heterocycles. The molecule has 2 bridgehead atoms. The molecule has 0 radical (unpaired) electrons. The van der Waals surface area contributed by atoms with Gasteiger partial charge in [0.2, 0.25) is 0 Å². The van der Waals surface area contributed by atoms with Crippen LogP contribution in [0.3, 0.4) is 0 Å². The molecule has 0 aromatic carbocycles. The van der Waals surface area contributed by atoms with Crippen molar-refractivity contribution in [2.75, 3.05) is 0 Å². The molecule has 3 heteroatoms. The maximum Gasteiger partial charge on any atom is 0.303 e. The van der Waals surface area contributed by atoms with E-state index in [-0.39, 0.29) is 11.9 Å². The van der Waals surface area contributed by atoms with Crippen LogP contribution in [-0.4, -0.2) is 11.6 Å². The number of hydrogen-bond acceptors (Lipinski definition) is 3. The molecular weight excluding hydrogens is 214 g/mol. The molecule has 2 aliphatic rings. The van der Waals surface area contributed by atoms with Crippen LogP contribution >= 0.6 is 0 Å². The van der Waals surface area contributed by atoms with Gasteiger partial charge in [-0.05, 0) is 38.0 Å². The average Bonchev–Trinajstić information content (AvgIpc) is 2.26. The first-order valence-corrected chi connectivity index (χ1v) is 6.62. The van der Waals surface area contributed by atoms with Crippen molar-refractivity contribution < 1.29 is 9.53 Å². The molecule has 0 aliphatic heterocycles. The molecule has 4 atom stereocenters. The Morgan fingerprint density at radius 3 is 2.88 bits per heavy atom. The van der Waals surface area contributed by atoms with Gasteiger partial charge in [-0.3, -0.25) is 4.79 Å². The third-order valence-corrected chi connectivity index (χ3v) is 4.72. The molecule has 4 unspecified atom stereocenters. The lowest BCUT2D eigenvalue weighted by Crippen LogP contribution is -2.52.